The summed E-state index contributed by atoms with van der Waals surface area (Å²) in [7, 11) is 0. The molecule has 1 atom stereocenters. The first-order chi connectivity index (χ1) is 10.3. The molecular formula is C20H18O. The second-order valence-electron chi connectivity index (χ2n) is 6.03. The molecule has 1 N–H and O–H groups in total. The zero-order chi connectivity index (χ0) is 14.3. The van der Waals surface area contributed by atoms with Gasteiger partial charge in [-0.05, 0) is 40.8 Å². The lowest BCUT2D eigenvalue weighted by Crippen LogP contribution is -2.18. The van der Waals surface area contributed by atoms with E-state index in [1.54, 1.807) is 0 Å². The van der Waals surface area contributed by atoms with Crippen LogP contribution in [0.3, 0.4) is 0 Å². The number of hydrogen-bond acceptors (Lipinski definition) is 1. The van der Waals surface area contributed by atoms with E-state index in [0.717, 1.165) is 18.4 Å². The van der Waals surface area contributed by atoms with Crippen molar-refractivity contribution in [3.8, 4) is 0 Å². The third kappa shape index (κ3) is 2.05. The maximum atomic E-state index is 10.9. The Morgan fingerprint density at radius 1 is 0.762 bits per heavy atom. The number of rotatable bonds is 3. The predicted octanol–water partition coefficient (Wildman–Crippen LogP) is 4.61. The molecule has 1 fully saturated rings. The Bertz CT molecular complexity index is 772. The standard InChI is InChI=1S/C20H18O/c21-19(20(12-13-20)18-8-2-1-3-9-18)17-11-10-15-6-4-5-7-16(15)14-17/h1-11,14,19,21H,12-13H2. The van der Waals surface area contributed by atoms with Crippen molar-refractivity contribution in [1.82, 2.24) is 0 Å². The van der Waals surface area contributed by atoms with Crippen LogP contribution in [0.4, 0.5) is 0 Å². The van der Waals surface area contributed by atoms with Gasteiger partial charge in [0.2, 0.25) is 0 Å². The van der Waals surface area contributed by atoms with Crippen molar-refractivity contribution in [2.75, 3.05) is 0 Å². The van der Waals surface area contributed by atoms with E-state index >= 15 is 0 Å². The molecule has 1 saturated carbocycles. The molecule has 0 aliphatic heterocycles. The third-order valence-electron chi connectivity index (χ3n) is 4.75. The van der Waals surface area contributed by atoms with Crippen LogP contribution in [0.5, 0.6) is 0 Å². The molecule has 1 aliphatic carbocycles. The topological polar surface area (TPSA) is 20.2 Å². The predicted molar refractivity (Wildman–Crippen MR) is 86.3 cm³/mol. The first-order valence-corrected chi connectivity index (χ1v) is 7.52. The quantitative estimate of drug-likeness (QED) is 0.739. The van der Waals surface area contributed by atoms with E-state index in [2.05, 4.69) is 54.6 Å². The molecule has 0 aromatic heterocycles. The normalized spacial score (nSPS) is 17.6. The number of benzene rings is 3. The smallest absolute Gasteiger partial charge is 0.0886 e. The van der Waals surface area contributed by atoms with Crippen LogP contribution in [0.25, 0.3) is 10.8 Å². The third-order valence-corrected chi connectivity index (χ3v) is 4.75. The highest BCUT2D eigenvalue weighted by atomic mass is 16.3. The number of fused-ring (bicyclic) bond motifs is 1. The molecule has 0 spiro atoms. The van der Waals surface area contributed by atoms with Crippen LogP contribution in [-0.2, 0) is 5.41 Å². The molecule has 21 heavy (non-hydrogen) atoms. The minimum absolute atomic E-state index is 0.0796. The van der Waals surface area contributed by atoms with E-state index in [-0.39, 0.29) is 5.41 Å². The molecule has 3 aromatic carbocycles. The van der Waals surface area contributed by atoms with Gasteiger partial charge in [-0.2, -0.15) is 0 Å². The summed E-state index contributed by atoms with van der Waals surface area (Å²) in [6, 6.07) is 25.0. The zero-order valence-corrected chi connectivity index (χ0v) is 11.9. The molecule has 0 amide bonds. The fourth-order valence-corrected chi connectivity index (χ4v) is 3.32. The van der Waals surface area contributed by atoms with E-state index in [0.29, 0.717) is 0 Å². The Morgan fingerprint density at radius 3 is 2.14 bits per heavy atom. The highest BCUT2D eigenvalue weighted by Crippen LogP contribution is 2.56. The van der Waals surface area contributed by atoms with Crippen LogP contribution in [0, 0.1) is 0 Å². The van der Waals surface area contributed by atoms with Gasteiger partial charge in [-0.3, -0.25) is 0 Å². The maximum absolute atomic E-state index is 10.9. The monoisotopic (exact) mass is 274 g/mol. The minimum atomic E-state index is -0.426. The number of aliphatic hydroxyl groups excluding tert-OH is 1. The molecule has 1 heteroatoms. The summed E-state index contributed by atoms with van der Waals surface area (Å²) in [5.74, 6) is 0. The van der Waals surface area contributed by atoms with Gasteiger partial charge in [0, 0.05) is 5.41 Å². The summed E-state index contributed by atoms with van der Waals surface area (Å²) in [6.07, 6.45) is 1.69. The van der Waals surface area contributed by atoms with E-state index < -0.39 is 6.10 Å². The average molecular weight is 274 g/mol. The fraction of sp³-hybridized carbons (Fsp3) is 0.200. The van der Waals surface area contributed by atoms with E-state index in [9.17, 15) is 5.11 Å². The van der Waals surface area contributed by atoms with Gasteiger partial charge in [-0.25, -0.2) is 0 Å². The Labute approximate surface area is 124 Å². The number of hydrogen-bond donors (Lipinski definition) is 1. The van der Waals surface area contributed by atoms with Gasteiger partial charge < -0.3 is 5.11 Å². The van der Waals surface area contributed by atoms with E-state index in [4.69, 9.17) is 0 Å². The van der Waals surface area contributed by atoms with Crippen LogP contribution in [0.15, 0.2) is 72.8 Å². The Balaban J connectivity index is 1.75. The summed E-state index contributed by atoms with van der Waals surface area (Å²) in [6.45, 7) is 0. The maximum Gasteiger partial charge on any atom is 0.0886 e. The van der Waals surface area contributed by atoms with Crippen molar-refractivity contribution < 1.29 is 5.11 Å². The summed E-state index contributed by atoms with van der Waals surface area (Å²) >= 11 is 0. The summed E-state index contributed by atoms with van der Waals surface area (Å²) in [5, 5.41) is 13.3. The Hall–Kier alpha value is -2.12. The molecule has 0 bridgehead atoms. The molecular weight excluding hydrogens is 256 g/mol. The zero-order valence-electron chi connectivity index (χ0n) is 11.9. The molecule has 3 aromatic rings. The molecule has 0 heterocycles. The van der Waals surface area contributed by atoms with E-state index in [1.807, 2.05) is 18.2 Å². The van der Waals surface area contributed by atoms with Crippen LogP contribution >= 0.6 is 0 Å². The molecule has 1 unspecified atom stereocenters. The van der Waals surface area contributed by atoms with Crippen molar-refractivity contribution >= 4 is 10.8 Å². The highest BCUT2D eigenvalue weighted by molar-refractivity contribution is 5.83. The Kier molecular flexibility index (Phi) is 2.83. The van der Waals surface area contributed by atoms with Crippen LogP contribution in [-0.4, -0.2) is 5.11 Å². The second kappa shape index (κ2) is 4.71. The highest BCUT2D eigenvalue weighted by Gasteiger charge is 2.50. The van der Waals surface area contributed by atoms with Crippen LogP contribution < -0.4 is 0 Å². The SMILES string of the molecule is OC(c1ccc2ccccc2c1)C1(c2ccccc2)CC1. The van der Waals surface area contributed by atoms with Gasteiger partial charge in [0.1, 0.15) is 0 Å². The lowest BCUT2D eigenvalue weighted by molar-refractivity contribution is 0.133. The van der Waals surface area contributed by atoms with Gasteiger partial charge in [0.25, 0.3) is 0 Å². The first kappa shape index (κ1) is 12.6. The number of aliphatic hydroxyl groups is 1. The van der Waals surface area contributed by atoms with E-state index in [1.165, 1.54) is 16.3 Å². The van der Waals surface area contributed by atoms with Gasteiger partial charge >= 0.3 is 0 Å². The lowest BCUT2D eigenvalue weighted by atomic mass is 9.85. The Morgan fingerprint density at radius 2 is 1.43 bits per heavy atom. The second-order valence-corrected chi connectivity index (χ2v) is 6.03. The van der Waals surface area contributed by atoms with Crippen LogP contribution in [0.1, 0.15) is 30.1 Å². The molecule has 1 nitrogen and oxygen atoms in total. The fourth-order valence-electron chi connectivity index (χ4n) is 3.32. The van der Waals surface area contributed by atoms with Gasteiger partial charge in [0.05, 0.1) is 6.10 Å². The molecule has 104 valence electrons. The van der Waals surface area contributed by atoms with Crippen molar-refractivity contribution in [2.24, 2.45) is 0 Å². The van der Waals surface area contributed by atoms with Gasteiger partial charge in [0.15, 0.2) is 0 Å². The molecule has 1 aliphatic rings. The molecule has 0 radical (unpaired) electrons. The molecule has 0 saturated heterocycles. The first-order valence-electron chi connectivity index (χ1n) is 7.52. The minimum Gasteiger partial charge on any atom is -0.387 e. The largest absolute Gasteiger partial charge is 0.387 e. The van der Waals surface area contributed by atoms with Gasteiger partial charge in [-0.1, -0.05) is 66.7 Å². The van der Waals surface area contributed by atoms with Crippen LogP contribution in [0.2, 0.25) is 0 Å². The van der Waals surface area contributed by atoms with Crippen molar-refractivity contribution in [3.63, 3.8) is 0 Å². The van der Waals surface area contributed by atoms with Crippen molar-refractivity contribution in [1.29, 1.82) is 0 Å². The van der Waals surface area contributed by atoms with Crippen molar-refractivity contribution in [2.45, 2.75) is 24.4 Å². The van der Waals surface area contributed by atoms with Gasteiger partial charge in [-0.15, -0.1) is 0 Å². The summed E-state index contributed by atoms with van der Waals surface area (Å²) < 4.78 is 0. The van der Waals surface area contributed by atoms with Crippen molar-refractivity contribution in [3.05, 3.63) is 83.9 Å². The summed E-state index contributed by atoms with van der Waals surface area (Å²) in [4.78, 5) is 0. The average Bonchev–Trinajstić information content (AvgIpc) is 3.36. The summed E-state index contributed by atoms with van der Waals surface area (Å²) in [5.41, 5.74) is 2.20. The molecule has 4 rings (SSSR count). The lowest BCUT2D eigenvalue weighted by Gasteiger charge is -2.23.